The maximum atomic E-state index is 13.1. The van der Waals surface area contributed by atoms with Crippen LogP contribution in [-0.4, -0.2) is 43.6 Å². The normalized spacial score (nSPS) is 15.4. The molecule has 104 valence electrons. The van der Waals surface area contributed by atoms with Gasteiger partial charge in [-0.25, -0.2) is 4.39 Å². The topological polar surface area (TPSA) is 41.6 Å². The van der Waals surface area contributed by atoms with E-state index in [1.165, 1.54) is 12.1 Å². The van der Waals surface area contributed by atoms with E-state index < -0.39 is 0 Å². The molecule has 0 aliphatic carbocycles. The molecule has 1 fully saturated rings. The lowest BCUT2D eigenvalue weighted by Crippen LogP contribution is -2.46. The van der Waals surface area contributed by atoms with Gasteiger partial charge in [0.05, 0.1) is 13.0 Å². The number of amides is 1. The summed E-state index contributed by atoms with van der Waals surface area (Å²) in [5, 5.41) is 3.19. The van der Waals surface area contributed by atoms with Gasteiger partial charge < -0.3 is 15.0 Å². The van der Waals surface area contributed by atoms with Crippen LogP contribution in [0, 0.1) is 5.82 Å². The van der Waals surface area contributed by atoms with E-state index in [9.17, 15) is 9.18 Å². The molecular formula is C13H16BrFN2O2. The molecule has 0 bridgehead atoms. The van der Waals surface area contributed by atoms with Gasteiger partial charge in [-0.1, -0.05) is 15.9 Å². The molecule has 2 rings (SSSR count). The van der Waals surface area contributed by atoms with Gasteiger partial charge in [-0.05, 0) is 12.1 Å². The van der Waals surface area contributed by atoms with E-state index >= 15 is 0 Å². The average Bonchev–Trinajstić information content (AvgIpc) is 2.38. The molecule has 1 saturated heterocycles. The fourth-order valence-electron chi connectivity index (χ4n) is 1.94. The fourth-order valence-corrected chi connectivity index (χ4v) is 2.38. The number of hydrogen-bond donors (Lipinski definition) is 1. The number of halogens is 2. The second-order valence-corrected chi connectivity index (χ2v) is 5.25. The summed E-state index contributed by atoms with van der Waals surface area (Å²) in [5.74, 6) is 0.148. The minimum atomic E-state index is -0.363. The van der Waals surface area contributed by atoms with Crippen molar-refractivity contribution in [1.82, 2.24) is 10.2 Å². The van der Waals surface area contributed by atoms with Crippen LogP contribution in [0.3, 0.4) is 0 Å². The molecule has 0 saturated carbocycles. The van der Waals surface area contributed by atoms with E-state index in [1.54, 1.807) is 6.07 Å². The second kappa shape index (κ2) is 6.86. The molecule has 1 N–H and O–H groups in total. The van der Waals surface area contributed by atoms with Gasteiger partial charge in [-0.2, -0.15) is 0 Å². The highest BCUT2D eigenvalue weighted by atomic mass is 79.9. The van der Waals surface area contributed by atoms with Gasteiger partial charge in [-0.15, -0.1) is 0 Å². The van der Waals surface area contributed by atoms with Gasteiger partial charge in [0.1, 0.15) is 11.6 Å². The van der Waals surface area contributed by atoms with Crippen molar-refractivity contribution in [2.75, 3.05) is 32.8 Å². The van der Waals surface area contributed by atoms with Crippen molar-refractivity contribution in [2.45, 2.75) is 6.42 Å². The maximum absolute atomic E-state index is 13.1. The minimum Gasteiger partial charge on any atom is -0.493 e. The quantitative estimate of drug-likeness (QED) is 0.915. The Morgan fingerprint density at radius 1 is 1.37 bits per heavy atom. The number of piperazine rings is 1. The lowest BCUT2D eigenvalue weighted by atomic mass is 10.3. The van der Waals surface area contributed by atoms with Crippen molar-refractivity contribution in [1.29, 1.82) is 0 Å². The Kier molecular flexibility index (Phi) is 5.15. The van der Waals surface area contributed by atoms with E-state index in [0.717, 1.165) is 26.2 Å². The Morgan fingerprint density at radius 3 is 2.79 bits per heavy atom. The van der Waals surface area contributed by atoms with Gasteiger partial charge in [0.25, 0.3) is 0 Å². The van der Waals surface area contributed by atoms with E-state index in [-0.39, 0.29) is 18.3 Å². The van der Waals surface area contributed by atoms with Crippen LogP contribution in [-0.2, 0) is 4.79 Å². The van der Waals surface area contributed by atoms with Crippen molar-refractivity contribution < 1.29 is 13.9 Å². The summed E-state index contributed by atoms with van der Waals surface area (Å²) in [4.78, 5) is 13.7. The molecule has 6 heteroatoms. The molecular weight excluding hydrogens is 315 g/mol. The summed E-state index contributed by atoms with van der Waals surface area (Å²) in [6.07, 6.45) is 0.314. The van der Waals surface area contributed by atoms with Gasteiger partial charge in [0.15, 0.2) is 0 Å². The first-order valence-electron chi connectivity index (χ1n) is 6.22. The Balaban J connectivity index is 1.77. The molecule has 0 spiro atoms. The Bertz CT molecular complexity index is 430. The minimum absolute atomic E-state index is 0.0805. The van der Waals surface area contributed by atoms with E-state index in [4.69, 9.17) is 4.74 Å². The zero-order valence-corrected chi connectivity index (χ0v) is 12.1. The number of rotatable bonds is 4. The van der Waals surface area contributed by atoms with Gasteiger partial charge in [0, 0.05) is 36.7 Å². The number of hydrogen-bond acceptors (Lipinski definition) is 3. The summed E-state index contributed by atoms with van der Waals surface area (Å²) in [6, 6.07) is 4.34. The summed E-state index contributed by atoms with van der Waals surface area (Å²) in [7, 11) is 0. The SMILES string of the molecule is O=C(CCOc1cc(F)cc(Br)c1)N1CCNCC1. The molecule has 1 aliphatic heterocycles. The number of carbonyl (C=O) groups is 1. The summed E-state index contributed by atoms with van der Waals surface area (Å²) >= 11 is 3.19. The highest BCUT2D eigenvalue weighted by Crippen LogP contribution is 2.20. The maximum Gasteiger partial charge on any atom is 0.226 e. The van der Waals surface area contributed by atoms with Crippen LogP contribution in [0.5, 0.6) is 5.75 Å². The number of nitrogens with one attached hydrogen (secondary N) is 1. The largest absolute Gasteiger partial charge is 0.493 e. The second-order valence-electron chi connectivity index (χ2n) is 4.33. The summed E-state index contributed by atoms with van der Waals surface area (Å²) < 4.78 is 19.1. The van der Waals surface area contributed by atoms with E-state index in [2.05, 4.69) is 21.2 Å². The van der Waals surface area contributed by atoms with E-state index in [0.29, 0.717) is 16.6 Å². The third kappa shape index (κ3) is 4.47. The third-order valence-electron chi connectivity index (χ3n) is 2.89. The van der Waals surface area contributed by atoms with Crippen LogP contribution in [0.2, 0.25) is 0 Å². The number of benzene rings is 1. The average molecular weight is 331 g/mol. The predicted molar refractivity (Wildman–Crippen MR) is 73.7 cm³/mol. The standard InChI is InChI=1S/C13H16BrFN2O2/c14-10-7-11(15)9-12(8-10)19-6-1-13(18)17-4-2-16-3-5-17/h7-9,16H,1-6H2. The number of ether oxygens (including phenoxy) is 1. The Morgan fingerprint density at radius 2 is 2.11 bits per heavy atom. The smallest absolute Gasteiger partial charge is 0.226 e. The third-order valence-corrected chi connectivity index (χ3v) is 3.35. The van der Waals surface area contributed by atoms with Gasteiger partial charge in [-0.3, -0.25) is 4.79 Å². The van der Waals surface area contributed by atoms with Crippen molar-refractivity contribution in [3.05, 3.63) is 28.5 Å². The summed E-state index contributed by atoms with van der Waals surface area (Å²) in [6.45, 7) is 3.42. The molecule has 4 nitrogen and oxygen atoms in total. The van der Waals surface area contributed by atoms with Crippen molar-refractivity contribution in [3.8, 4) is 5.75 Å². The Hall–Kier alpha value is -1.14. The predicted octanol–water partition coefficient (Wildman–Crippen LogP) is 1.79. The molecule has 1 amide bonds. The molecule has 1 aromatic rings. The molecule has 1 heterocycles. The van der Waals surface area contributed by atoms with Crippen molar-refractivity contribution in [2.24, 2.45) is 0 Å². The lowest BCUT2D eigenvalue weighted by molar-refractivity contribution is -0.132. The molecule has 1 aliphatic rings. The zero-order valence-electron chi connectivity index (χ0n) is 10.5. The molecule has 1 aromatic carbocycles. The monoisotopic (exact) mass is 330 g/mol. The molecule has 0 aromatic heterocycles. The first-order valence-corrected chi connectivity index (χ1v) is 7.02. The zero-order chi connectivity index (χ0) is 13.7. The fraction of sp³-hybridized carbons (Fsp3) is 0.462. The van der Waals surface area contributed by atoms with Gasteiger partial charge >= 0.3 is 0 Å². The van der Waals surface area contributed by atoms with Crippen LogP contribution in [0.15, 0.2) is 22.7 Å². The molecule has 0 radical (unpaired) electrons. The van der Waals surface area contributed by atoms with Crippen LogP contribution in [0.1, 0.15) is 6.42 Å². The molecule has 19 heavy (non-hydrogen) atoms. The lowest BCUT2D eigenvalue weighted by Gasteiger charge is -2.27. The summed E-state index contributed by atoms with van der Waals surface area (Å²) in [5.41, 5.74) is 0. The first kappa shape index (κ1) is 14.3. The highest BCUT2D eigenvalue weighted by Gasteiger charge is 2.15. The molecule has 0 unspecified atom stereocenters. The van der Waals surface area contributed by atoms with E-state index in [1.807, 2.05) is 4.90 Å². The number of nitrogens with zero attached hydrogens (tertiary/aromatic N) is 1. The van der Waals surface area contributed by atoms with Crippen LogP contribution >= 0.6 is 15.9 Å². The molecule has 0 atom stereocenters. The van der Waals surface area contributed by atoms with Crippen LogP contribution < -0.4 is 10.1 Å². The highest BCUT2D eigenvalue weighted by molar-refractivity contribution is 9.10. The van der Waals surface area contributed by atoms with Crippen molar-refractivity contribution in [3.63, 3.8) is 0 Å². The number of carbonyl (C=O) groups excluding carboxylic acids is 1. The van der Waals surface area contributed by atoms with Crippen molar-refractivity contribution >= 4 is 21.8 Å². The van der Waals surface area contributed by atoms with Crippen LogP contribution in [0.4, 0.5) is 4.39 Å². The van der Waals surface area contributed by atoms with Crippen LogP contribution in [0.25, 0.3) is 0 Å². The van der Waals surface area contributed by atoms with Gasteiger partial charge in [0.2, 0.25) is 5.91 Å². The first-order chi connectivity index (χ1) is 9.15. The Labute approximate surface area is 120 Å².